The van der Waals surface area contributed by atoms with Gasteiger partial charge in [-0.05, 0) is 64.6 Å². The molecule has 3 aliphatic heterocycles. The van der Waals surface area contributed by atoms with Crippen LogP contribution < -0.4 is 33.5 Å². The Balaban J connectivity index is -0.000000370. The maximum absolute atomic E-state index is 11.2. The Labute approximate surface area is 372 Å². The molecule has 7 unspecified atom stereocenters. The number of rotatable bonds is 27. The van der Waals surface area contributed by atoms with Crippen LogP contribution in [0, 0.1) is 0 Å². The zero-order chi connectivity index (χ0) is 47.1. The number of aliphatic hydroxyl groups is 4. The van der Waals surface area contributed by atoms with Crippen molar-refractivity contribution in [2.24, 2.45) is 22.3 Å². The first-order chi connectivity index (χ1) is 29.8. The van der Waals surface area contributed by atoms with Crippen LogP contribution in [0.25, 0.3) is 0 Å². The lowest BCUT2D eigenvalue weighted by Gasteiger charge is -2.28. The SMILES string of the molecule is COC(C=O)CC=NN[C@H](C=O)CCCCN.COC1CC(O)N(N[C@H](C=O)CCCCN)C1O.COC1CC(O)OC1O.NCCCC[C@@H](C=O)NN1CC=CC1=O.O.O.[2H]O[B]. The Kier molecular flexibility index (Phi) is 44.7. The fourth-order valence-corrected chi connectivity index (χ4v) is 5.48. The summed E-state index contributed by atoms with van der Waals surface area (Å²) in [4.78, 5) is 54.0. The molecule has 2 fully saturated rings. The fraction of sp³-hybridized carbons (Fsp3) is 0.784. The number of nitrogens with one attached hydrogen (secondary N) is 3. The largest absolute Gasteiger partial charge is 0.461 e. The van der Waals surface area contributed by atoms with Crippen molar-refractivity contribution in [3.63, 3.8) is 0 Å². The monoisotopic (exact) mass is 915 g/mol. The van der Waals surface area contributed by atoms with Gasteiger partial charge >= 0.3 is 0 Å². The molecule has 26 heteroatoms. The predicted molar refractivity (Wildman–Crippen MR) is 231 cm³/mol. The molecule has 0 aromatic heterocycles. The van der Waals surface area contributed by atoms with Crippen LogP contribution in [0.5, 0.6) is 0 Å². The average molecular weight is 915 g/mol. The van der Waals surface area contributed by atoms with E-state index in [-0.39, 0.29) is 35.0 Å². The molecular weight excluding hydrogens is 837 g/mol. The molecule has 0 saturated carbocycles. The van der Waals surface area contributed by atoms with Crippen LogP contribution in [0.1, 0.15) is 77.0 Å². The molecule has 368 valence electrons. The normalized spacial score (nSPS) is 23.2. The summed E-state index contributed by atoms with van der Waals surface area (Å²) in [6.45, 7) is 2.38. The van der Waals surface area contributed by atoms with E-state index in [4.69, 9.17) is 43.1 Å². The number of unbranched alkanes of at least 4 members (excludes halogenated alkanes) is 3. The van der Waals surface area contributed by atoms with Crippen molar-refractivity contribution in [1.29, 1.82) is 1.43 Å². The maximum Gasteiger partial charge on any atom is 0.277 e. The third-order valence-electron chi connectivity index (χ3n) is 9.01. The second-order valence-electron chi connectivity index (χ2n) is 13.6. The highest BCUT2D eigenvalue weighted by Crippen LogP contribution is 2.22. The molecule has 18 N–H and O–H groups in total. The minimum atomic E-state index is -0.968. The topological polar surface area (TPSA) is 419 Å². The molecule has 10 atom stereocenters. The standard InChI is InChI=1S/C11H23N3O4.C11H21N3O3.C10H17N3O2.C5H10O4.BHO.2H2O/c1-18-9-6-10(16)14(11(9)17)13-8(7-15)4-2-3-5-12;1-17-11(9-16)5-7-13-14-10(8-15)4-2-3-6-12;11-6-2-1-4-9(8-14)12-13-7-3-5-10(13)15;1-8-3-2-4(6)9-5(3)7;1-2;;/h7-11,13,16-17H,2-6,12H2,1H3;7-11,14H,2-6,12H2,1H3;3,5,8-9,12H,1-2,4,6-7,11H2;3-7H,2H2,1H3;2H;2*1H2/t8-,9?,10?,11?;10-,11?;9-;;;;/m000..../s1/i;;;;2D;;. The highest BCUT2D eigenvalue weighted by Gasteiger charge is 2.40. The van der Waals surface area contributed by atoms with E-state index >= 15 is 0 Å². The summed E-state index contributed by atoms with van der Waals surface area (Å²) in [6.07, 6.45) is 11.3. The molecule has 2 saturated heterocycles. The molecule has 25 nitrogen and oxygen atoms in total. The van der Waals surface area contributed by atoms with E-state index < -0.39 is 43.3 Å². The summed E-state index contributed by atoms with van der Waals surface area (Å²) >= 11 is 0. The van der Waals surface area contributed by atoms with Crippen LogP contribution in [0.3, 0.4) is 0 Å². The van der Waals surface area contributed by atoms with E-state index in [9.17, 15) is 34.2 Å². The van der Waals surface area contributed by atoms with Gasteiger partial charge in [-0.1, -0.05) is 18.9 Å². The van der Waals surface area contributed by atoms with Crippen LogP contribution in [0.2, 0.25) is 0 Å². The van der Waals surface area contributed by atoms with Gasteiger partial charge in [0, 0.05) is 52.9 Å². The van der Waals surface area contributed by atoms with Crippen molar-refractivity contribution >= 4 is 45.3 Å². The van der Waals surface area contributed by atoms with Crippen molar-refractivity contribution in [3.8, 4) is 0 Å². The zero-order valence-electron chi connectivity index (χ0n) is 37.7. The molecular formula is C37H76BN9O16. The Hall–Kier alpha value is -3.26. The molecule has 3 rings (SSSR count). The van der Waals surface area contributed by atoms with Gasteiger partial charge in [-0.15, -0.1) is 0 Å². The lowest BCUT2D eigenvalue weighted by molar-refractivity contribution is -0.178. The van der Waals surface area contributed by atoms with Gasteiger partial charge in [0.05, 0.1) is 24.7 Å². The van der Waals surface area contributed by atoms with Gasteiger partial charge in [-0.3, -0.25) is 9.80 Å². The van der Waals surface area contributed by atoms with Crippen LogP contribution >= 0.6 is 0 Å². The quantitative estimate of drug-likeness (QED) is 0.0120. The molecule has 1 amide bonds. The summed E-state index contributed by atoms with van der Waals surface area (Å²) in [5.74, 6) is -0.0966. The summed E-state index contributed by atoms with van der Waals surface area (Å²) in [5.41, 5.74) is 24.5. The molecule has 63 heavy (non-hydrogen) atoms. The molecule has 2 radical (unpaired) electrons. The minimum absolute atomic E-state index is 0. The smallest absolute Gasteiger partial charge is 0.277 e. The van der Waals surface area contributed by atoms with Crippen LogP contribution in [0.15, 0.2) is 17.3 Å². The van der Waals surface area contributed by atoms with Crippen molar-refractivity contribution in [2.75, 3.05) is 47.5 Å². The van der Waals surface area contributed by atoms with E-state index in [1.165, 1.54) is 43.6 Å². The fourth-order valence-electron chi connectivity index (χ4n) is 5.48. The molecule has 0 bridgehead atoms. The van der Waals surface area contributed by atoms with Gasteiger partial charge < -0.3 is 97.2 Å². The number of nitrogens with two attached hydrogens (primary N) is 3. The van der Waals surface area contributed by atoms with E-state index in [1.54, 1.807) is 6.08 Å². The number of amides is 1. The number of methoxy groups -OCH3 is 3. The van der Waals surface area contributed by atoms with E-state index in [0.29, 0.717) is 71.0 Å². The summed E-state index contributed by atoms with van der Waals surface area (Å²) < 4.78 is 24.7. The number of hydrogen-bond donors (Lipinski definition) is 11. The Morgan fingerprint density at radius 1 is 0.841 bits per heavy atom. The molecule has 0 aromatic rings. The third kappa shape index (κ3) is 30.5. The molecule has 0 spiro atoms. The van der Waals surface area contributed by atoms with E-state index in [0.717, 1.165) is 57.4 Å². The van der Waals surface area contributed by atoms with Gasteiger partial charge in [-0.2, -0.15) is 10.1 Å². The van der Waals surface area contributed by atoms with E-state index in [2.05, 4.69) is 39.2 Å². The predicted octanol–water partition coefficient (Wildman–Crippen LogP) is -5.54. The summed E-state index contributed by atoms with van der Waals surface area (Å²) in [5, 5.41) is 46.8. The number of ether oxygens (including phenoxy) is 4. The number of aliphatic hydroxyl groups excluding tert-OH is 4. The number of hydrazone groups is 1. The molecule has 0 aromatic carbocycles. The summed E-state index contributed by atoms with van der Waals surface area (Å²) in [6, 6.07) is -1.02. The highest BCUT2D eigenvalue weighted by atomic mass is 16.7. The highest BCUT2D eigenvalue weighted by molar-refractivity contribution is 5.95. The van der Waals surface area contributed by atoms with Gasteiger partial charge in [0.2, 0.25) is 0 Å². The molecule has 3 heterocycles. The van der Waals surface area contributed by atoms with Gasteiger partial charge in [0.15, 0.2) is 14.0 Å². The molecule has 0 aliphatic carbocycles. The van der Waals surface area contributed by atoms with Crippen molar-refractivity contribution in [3.05, 3.63) is 12.2 Å². The number of hydrogen-bond acceptors (Lipinski definition) is 22. The Bertz CT molecular complexity index is 1220. The minimum Gasteiger partial charge on any atom is -0.461 e. The number of aldehydes is 4. The Morgan fingerprint density at radius 3 is 1.71 bits per heavy atom. The Morgan fingerprint density at radius 2 is 1.35 bits per heavy atom. The number of carbonyl (C=O) groups excluding carboxylic acids is 5. The second kappa shape index (κ2) is 44.0. The first-order valence-electron chi connectivity index (χ1n) is 20.5. The number of nitrogens with zero attached hydrogens (tertiary/aromatic N) is 3. The van der Waals surface area contributed by atoms with Gasteiger partial charge in [0.25, 0.3) is 14.0 Å². The second-order valence-corrected chi connectivity index (χ2v) is 13.6. The number of carbonyl (C=O) groups is 5. The van der Waals surface area contributed by atoms with Crippen molar-refractivity contribution < 1.29 is 79.3 Å². The molecule has 3 aliphatic rings. The van der Waals surface area contributed by atoms with Gasteiger partial charge in [0.1, 0.15) is 55.9 Å². The van der Waals surface area contributed by atoms with E-state index in [1.807, 2.05) is 0 Å². The third-order valence-corrected chi connectivity index (χ3v) is 9.01. The number of hydrazine groups is 2. The van der Waals surface area contributed by atoms with Gasteiger partial charge in [-0.25, -0.2) is 10.9 Å². The van der Waals surface area contributed by atoms with Crippen molar-refractivity contribution in [2.45, 2.75) is 139 Å². The zero-order valence-corrected chi connectivity index (χ0v) is 36.7. The lowest BCUT2D eigenvalue weighted by Crippen LogP contribution is -2.53. The summed E-state index contributed by atoms with van der Waals surface area (Å²) in [7, 11) is 8.42. The van der Waals surface area contributed by atoms with Crippen LogP contribution in [-0.2, 0) is 42.9 Å². The maximum atomic E-state index is 11.2. The first kappa shape index (κ1) is 64.0. The average Bonchev–Trinajstić information content (AvgIpc) is 3.93. The van der Waals surface area contributed by atoms with Crippen molar-refractivity contribution in [1.82, 2.24) is 26.3 Å². The van der Waals surface area contributed by atoms with Crippen LogP contribution in [-0.4, -0.2) is 202 Å². The lowest BCUT2D eigenvalue weighted by atomic mass is 10.1. The first-order valence-corrected chi connectivity index (χ1v) is 20.1. The van der Waals surface area contributed by atoms with Crippen LogP contribution in [0.4, 0.5) is 0 Å².